The lowest BCUT2D eigenvalue weighted by molar-refractivity contribution is 0.0945. The highest BCUT2D eigenvalue weighted by atomic mass is 79.9. The summed E-state index contributed by atoms with van der Waals surface area (Å²) in [6.45, 7) is 0.701. The maximum Gasteiger partial charge on any atom is 0.267 e. The zero-order chi connectivity index (χ0) is 13.3. The first-order chi connectivity index (χ1) is 9.20. The molecule has 2 N–H and O–H groups in total. The Morgan fingerprint density at radius 3 is 2.63 bits per heavy atom. The first-order valence-electron chi connectivity index (χ1n) is 6.37. The van der Waals surface area contributed by atoms with Crippen LogP contribution in [0.25, 0.3) is 0 Å². The van der Waals surface area contributed by atoms with Gasteiger partial charge in [0.05, 0.1) is 0 Å². The molecule has 98 valence electrons. The predicted molar refractivity (Wildman–Crippen MR) is 78.2 cm³/mol. The number of rotatable bonds is 4. The molecule has 0 radical (unpaired) electrons. The lowest BCUT2D eigenvalue weighted by atomic mass is 9.96. The van der Waals surface area contributed by atoms with E-state index >= 15 is 0 Å². The molecule has 0 aliphatic heterocycles. The monoisotopic (exact) mass is 318 g/mol. The number of aromatic nitrogens is 1. The van der Waals surface area contributed by atoms with E-state index in [0.717, 1.165) is 17.3 Å². The van der Waals surface area contributed by atoms with Gasteiger partial charge in [0.15, 0.2) is 0 Å². The second-order valence-corrected chi connectivity index (χ2v) is 5.98. The van der Waals surface area contributed by atoms with E-state index in [4.69, 9.17) is 0 Å². The van der Waals surface area contributed by atoms with Crippen LogP contribution in [0.15, 0.2) is 47.1 Å². The second kappa shape index (κ2) is 4.85. The van der Waals surface area contributed by atoms with Gasteiger partial charge in [-0.1, -0.05) is 30.3 Å². The third-order valence-electron chi connectivity index (χ3n) is 3.72. The van der Waals surface area contributed by atoms with Crippen LogP contribution in [0.1, 0.15) is 28.9 Å². The molecule has 1 aliphatic carbocycles. The fraction of sp³-hybridized carbons (Fsp3) is 0.267. The molecule has 1 aliphatic rings. The Hall–Kier alpha value is -1.55. The normalized spacial score (nSPS) is 16.1. The van der Waals surface area contributed by atoms with E-state index in [9.17, 15) is 4.79 Å². The van der Waals surface area contributed by atoms with E-state index in [1.807, 2.05) is 6.07 Å². The highest BCUT2D eigenvalue weighted by Gasteiger charge is 2.44. The minimum Gasteiger partial charge on any atom is -0.356 e. The Balaban J connectivity index is 1.65. The number of halogens is 1. The van der Waals surface area contributed by atoms with Gasteiger partial charge in [-0.05, 0) is 40.4 Å². The Kier molecular flexibility index (Phi) is 3.19. The lowest BCUT2D eigenvalue weighted by Gasteiger charge is -2.16. The van der Waals surface area contributed by atoms with Crippen LogP contribution in [0.4, 0.5) is 0 Å². The van der Waals surface area contributed by atoms with E-state index in [-0.39, 0.29) is 11.3 Å². The maximum atomic E-state index is 12.0. The number of carbonyl (C=O) groups is 1. The molecular formula is C15H15BrN2O. The van der Waals surface area contributed by atoms with Crippen molar-refractivity contribution in [1.29, 1.82) is 0 Å². The minimum atomic E-state index is -0.0482. The van der Waals surface area contributed by atoms with Crippen molar-refractivity contribution in [2.24, 2.45) is 0 Å². The Morgan fingerprint density at radius 1 is 1.32 bits per heavy atom. The van der Waals surface area contributed by atoms with Gasteiger partial charge >= 0.3 is 0 Å². The van der Waals surface area contributed by atoms with Gasteiger partial charge in [0.1, 0.15) is 5.69 Å². The molecule has 3 rings (SSSR count). The average molecular weight is 319 g/mol. The van der Waals surface area contributed by atoms with E-state index < -0.39 is 0 Å². The summed E-state index contributed by atoms with van der Waals surface area (Å²) in [6.07, 6.45) is 4.05. The summed E-state index contributed by atoms with van der Waals surface area (Å²) in [5, 5.41) is 3.02. The lowest BCUT2D eigenvalue weighted by Crippen LogP contribution is -2.32. The smallest absolute Gasteiger partial charge is 0.267 e. The van der Waals surface area contributed by atoms with E-state index in [1.165, 1.54) is 5.56 Å². The number of hydrogen-bond donors (Lipinski definition) is 2. The molecule has 1 fully saturated rings. The highest BCUT2D eigenvalue weighted by molar-refractivity contribution is 9.10. The van der Waals surface area contributed by atoms with Crippen molar-refractivity contribution < 1.29 is 4.79 Å². The van der Waals surface area contributed by atoms with Crippen LogP contribution in [0.5, 0.6) is 0 Å². The molecule has 0 unspecified atom stereocenters. The molecule has 0 spiro atoms. The van der Waals surface area contributed by atoms with Crippen LogP contribution in [-0.4, -0.2) is 17.4 Å². The van der Waals surface area contributed by atoms with Crippen molar-refractivity contribution >= 4 is 21.8 Å². The third-order valence-corrected chi connectivity index (χ3v) is 4.18. The quantitative estimate of drug-likeness (QED) is 0.893. The number of carbonyl (C=O) groups excluding carboxylic acids is 1. The molecule has 0 bridgehead atoms. The zero-order valence-electron chi connectivity index (χ0n) is 10.4. The summed E-state index contributed by atoms with van der Waals surface area (Å²) in [7, 11) is 0. The third kappa shape index (κ3) is 2.59. The van der Waals surface area contributed by atoms with Gasteiger partial charge in [-0.3, -0.25) is 4.79 Å². The van der Waals surface area contributed by atoms with E-state index in [1.54, 1.807) is 12.3 Å². The van der Waals surface area contributed by atoms with Crippen molar-refractivity contribution in [1.82, 2.24) is 10.3 Å². The predicted octanol–water partition coefficient (Wildman–Crippen LogP) is 3.24. The number of H-pyrrole nitrogens is 1. The van der Waals surface area contributed by atoms with Gasteiger partial charge in [-0.25, -0.2) is 0 Å². The summed E-state index contributed by atoms with van der Waals surface area (Å²) in [4.78, 5) is 14.9. The molecule has 1 amide bonds. The molecule has 1 heterocycles. The summed E-state index contributed by atoms with van der Waals surface area (Å²) >= 11 is 3.33. The molecule has 0 saturated heterocycles. The zero-order valence-corrected chi connectivity index (χ0v) is 12.0. The number of nitrogens with one attached hydrogen (secondary N) is 2. The van der Waals surface area contributed by atoms with Gasteiger partial charge in [0, 0.05) is 22.6 Å². The van der Waals surface area contributed by atoms with Crippen molar-refractivity contribution in [3.05, 3.63) is 58.3 Å². The van der Waals surface area contributed by atoms with Gasteiger partial charge < -0.3 is 10.3 Å². The van der Waals surface area contributed by atoms with Crippen LogP contribution in [0, 0.1) is 0 Å². The summed E-state index contributed by atoms with van der Waals surface area (Å²) < 4.78 is 0.891. The largest absolute Gasteiger partial charge is 0.356 e. The molecule has 1 aromatic heterocycles. The average Bonchev–Trinajstić information content (AvgIpc) is 3.12. The molecule has 2 aromatic rings. The van der Waals surface area contributed by atoms with Crippen molar-refractivity contribution in [3.8, 4) is 0 Å². The minimum absolute atomic E-state index is 0.0482. The van der Waals surface area contributed by atoms with Crippen LogP contribution in [0.3, 0.4) is 0 Å². The number of hydrogen-bond acceptors (Lipinski definition) is 1. The topological polar surface area (TPSA) is 44.9 Å². The van der Waals surface area contributed by atoms with Crippen LogP contribution >= 0.6 is 15.9 Å². The molecule has 19 heavy (non-hydrogen) atoms. The van der Waals surface area contributed by atoms with Crippen molar-refractivity contribution in [2.75, 3.05) is 6.54 Å². The summed E-state index contributed by atoms with van der Waals surface area (Å²) in [5.74, 6) is -0.0482. The first kappa shape index (κ1) is 12.5. The number of benzene rings is 1. The van der Waals surface area contributed by atoms with Gasteiger partial charge in [-0.15, -0.1) is 0 Å². The molecular weight excluding hydrogens is 304 g/mol. The van der Waals surface area contributed by atoms with Gasteiger partial charge in [0.2, 0.25) is 0 Å². The Bertz CT molecular complexity index is 587. The fourth-order valence-corrected chi connectivity index (χ4v) is 2.70. The summed E-state index contributed by atoms with van der Waals surface area (Å²) in [5.41, 5.74) is 2.07. The Labute approximate surface area is 120 Å². The molecule has 3 nitrogen and oxygen atoms in total. The highest BCUT2D eigenvalue weighted by Crippen LogP contribution is 2.47. The maximum absolute atomic E-state index is 12.0. The molecule has 1 saturated carbocycles. The number of amides is 1. The Morgan fingerprint density at radius 2 is 2.05 bits per heavy atom. The second-order valence-electron chi connectivity index (χ2n) is 5.06. The van der Waals surface area contributed by atoms with Crippen molar-refractivity contribution in [2.45, 2.75) is 18.3 Å². The number of aromatic amines is 1. The van der Waals surface area contributed by atoms with Crippen LogP contribution in [0.2, 0.25) is 0 Å². The van der Waals surface area contributed by atoms with Crippen molar-refractivity contribution in [3.63, 3.8) is 0 Å². The molecule has 1 aromatic carbocycles. The van der Waals surface area contributed by atoms with Gasteiger partial charge in [-0.2, -0.15) is 0 Å². The summed E-state index contributed by atoms with van der Waals surface area (Å²) in [6, 6.07) is 12.2. The van der Waals surface area contributed by atoms with Gasteiger partial charge in [0.25, 0.3) is 5.91 Å². The van der Waals surface area contributed by atoms with E-state index in [0.29, 0.717) is 12.2 Å². The standard InChI is InChI=1S/C15H15BrN2O/c16-12-8-13(17-9-12)14(19)18-10-15(6-7-15)11-4-2-1-3-5-11/h1-5,8-9,17H,6-7,10H2,(H,18,19). The van der Waals surface area contributed by atoms with E-state index in [2.05, 4.69) is 50.5 Å². The molecule has 4 heteroatoms. The fourth-order valence-electron chi connectivity index (χ4n) is 2.35. The molecule has 0 atom stereocenters. The SMILES string of the molecule is O=C(NCC1(c2ccccc2)CC1)c1cc(Br)c[nH]1. The first-order valence-corrected chi connectivity index (χ1v) is 7.17. The van der Waals surface area contributed by atoms with Crippen LogP contribution in [-0.2, 0) is 5.41 Å². The van der Waals surface area contributed by atoms with Crippen LogP contribution < -0.4 is 5.32 Å².